The molecule has 0 bridgehead atoms. The Morgan fingerprint density at radius 1 is 0.962 bits per heavy atom. The van der Waals surface area contributed by atoms with Gasteiger partial charge in [-0.15, -0.1) is 11.8 Å². The Kier molecular flexibility index (Phi) is 4.51. The van der Waals surface area contributed by atoms with Crippen LogP contribution in [0.4, 0.5) is 0 Å². The fourth-order valence-electron chi connectivity index (χ4n) is 3.16. The van der Waals surface area contributed by atoms with Gasteiger partial charge in [0, 0.05) is 22.7 Å². The van der Waals surface area contributed by atoms with Gasteiger partial charge in [-0.2, -0.15) is 0 Å². The topological polar surface area (TPSA) is 30.7 Å². The van der Waals surface area contributed by atoms with Crippen LogP contribution in [0.25, 0.3) is 27.8 Å². The van der Waals surface area contributed by atoms with E-state index in [9.17, 15) is 0 Å². The second-order valence-electron chi connectivity index (χ2n) is 6.66. The highest BCUT2D eigenvalue weighted by Crippen LogP contribution is 2.37. The standard InChI is InChI=1S/C22H21N3S/c1-15(2)26-22-20-19(17-9-5-4-6-10-17)13-25(21(20)23-14-24-22)18-11-7-8-16(3)12-18/h4-15H,1-3H3. The van der Waals surface area contributed by atoms with Gasteiger partial charge in [0.2, 0.25) is 0 Å². The van der Waals surface area contributed by atoms with E-state index in [4.69, 9.17) is 0 Å². The summed E-state index contributed by atoms with van der Waals surface area (Å²) in [4.78, 5) is 9.24. The first-order valence-electron chi connectivity index (χ1n) is 8.78. The van der Waals surface area contributed by atoms with Gasteiger partial charge in [-0.3, -0.25) is 0 Å². The number of hydrogen-bond acceptors (Lipinski definition) is 3. The van der Waals surface area contributed by atoms with E-state index in [0.717, 1.165) is 21.7 Å². The quantitative estimate of drug-likeness (QED) is 0.336. The second kappa shape index (κ2) is 6.96. The van der Waals surface area contributed by atoms with Gasteiger partial charge in [-0.25, -0.2) is 9.97 Å². The maximum absolute atomic E-state index is 4.64. The number of hydrogen-bond donors (Lipinski definition) is 0. The fourth-order valence-corrected chi connectivity index (χ4v) is 4.03. The van der Waals surface area contributed by atoms with E-state index in [2.05, 4.69) is 90.0 Å². The van der Waals surface area contributed by atoms with Crippen molar-refractivity contribution in [3.8, 4) is 16.8 Å². The summed E-state index contributed by atoms with van der Waals surface area (Å²) in [5.74, 6) is 0. The Balaban J connectivity index is 2.03. The highest BCUT2D eigenvalue weighted by Gasteiger charge is 2.18. The Bertz CT molecular complexity index is 1050. The van der Waals surface area contributed by atoms with Crippen LogP contribution in [0, 0.1) is 6.92 Å². The van der Waals surface area contributed by atoms with Crippen LogP contribution in [0.1, 0.15) is 19.4 Å². The molecule has 3 nitrogen and oxygen atoms in total. The SMILES string of the molecule is Cc1cccc(-n2cc(-c3ccccc3)c3c(SC(C)C)ncnc32)c1. The molecule has 26 heavy (non-hydrogen) atoms. The molecule has 4 heteroatoms. The molecular weight excluding hydrogens is 338 g/mol. The average molecular weight is 359 g/mol. The van der Waals surface area contributed by atoms with Crippen molar-refractivity contribution in [3.63, 3.8) is 0 Å². The zero-order valence-electron chi connectivity index (χ0n) is 15.2. The molecule has 2 aromatic heterocycles. The first kappa shape index (κ1) is 16.9. The predicted octanol–water partition coefficient (Wildman–Crippen LogP) is 5.90. The van der Waals surface area contributed by atoms with Crippen molar-refractivity contribution >= 4 is 22.8 Å². The van der Waals surface area contributed by atoms with E-state index in [1.54, 1.807) is 18.1 Å². The van der Waals surface area contributed by atoms with Gasteiger partial charge >= 0.3 is 0 Å². The zero-order valence-corrected chi connectivity index (χ0v) is 16.0. The number of fused-ring (bicyclic) bond motifs is 1. The highest BCUT2D eigenvalue weighted by atomic mass is 32.2. The van der Waals surface area contributed by atoms with E-state index in [-0.39, 0.29) is 0 Å². The third kappa shape index (κ3) is 3.13. The lowest BCUT2D eigenvalue weighted by Gasteiger charge is -2.08. The van der Waals surface area contributed by atoms with Crippen LogP contribution in [0.5, 0.6) is 0 Å². The molecular formula is C22H21N3S. The van der Waals surface area contributed by atoms with Gasteiger partial charge in [-0.05, 0) is 30.2 Å². The third-order valence-corrected chi connectivity index (χ3v) is 5.26. The molecule has 4 rings (SSSR count). The normalized spacial score (nSPS) is 11.4. The minimum Gasteiger partial charge on any atom is -0.301 e. The molecule has 0 aliphatic heterocycles. The van der Waals surface area contributed by atoms with Gasteiger partial charge in [-0.1, -0.05) is 56.3 Å². The fraction of sp³-hybridized carbons (Fsp3) is 0.182. The number of benzene rings is 2. The molecule has 130 valence electrons. The summed E-state index contributed by atoms with van der Waals surface area (Å²) in [5.41, 5.74) is 5.66. The number of rotatable bonds is 4. The first-order chi connectivity index (χ1) is 12.6. The summed E-state index contributed by atoms with van der Waals surface area (Å²) in [5, 5.41) is 2.62. The smallest absolute Gasteiger partial charge is 0.149 e. The summed E-state index contributed by atoms with van der Waals surface area (Å²) in [6, 6.07) is 19.0. The molecule has 0 atom stereocenters. The minimum absolute atomic E-state index is 0.457. The molecule has 0 saturated heterocycles. The van der Waals surface area contributed by atoms with Crippen LogP contribution in [0.15, 0.2) is 72.1 Å². The number of thioether (sulfide) groups is 1. The molecule has 0 spiro atoms. The summed E-state index contributed by atoms with van der Waals surface area (Å²) < 4.78 is 2.18. The number of nitrogens with zero attached hydrogens (tertiary/aromatic N) is 3. The Hall–Kier alpha value is -2.59. The molecule has 0 unspecified atom stereocenters. The van der Waals surface area contributed by atoms with Crippen molar-refractivity contribution in [2.45, 2.75) is 31.0 Å². The van der Waals surface area contributed by atoms with Gasteiger partial charge in [0.15, 0.2) is 0 Å². The molecule has 0 N–H and O–H groups in total. The maximum atomic E-state index is 4.64. The summed E-state index contributed by atoms with van der Waals surface area (Å²) in [6.45, 7) is 6.50. The van der Waals surface area contributed by atoms with Crippen LogP contribution >= 0.6 is 11.8 Å². The predicted molar refractivity (Wildman–Crippen MR) is 110 cm³/mol. The lowest BCUT2D eigenvalue weighted by molar-refractivity contribution is 1.03. The number of aryl methyl sites for hydroxylation is 1. The highest BCUT2D eigenvalue weighted by molar-refractivity contribution is 8.00. The maximum Gasteiger partial charge on any atom is 0.149 e. The van der Waals surface area contributed by atoms with E-state index >= 15 is 0 Å². The van der Waals surface area contributed by atoms with E-state index in [1.807, 2.05) is 6.07 Å². The molecule has 0 aliphatic carbocycles. The van der Waals surface area contributed by atoms with Crippen LogP contribution in [0.3, 0.4) is 0 Å². The van der Waals surface area contributed by atoms with Crippen molar-refractivity contribution in [2.24, 2.45) is 0 Å². The Labute approximate surface area is 158 Å². The van der Waals surface area contributed by atoms with Gasteiger partial charge in [0.05, 0.1) is 5.39 Å². The third-order valence-electron chi connectivity index (χ3n) is 4.26. The van der Waals surface area contributed by atoms with Gasteiger partial charge in [0.25, 0.3) is 0 Å². The van der Waals surface area contributed by atoms with Gasteiger partial charge in [0.1, 0.15) is 17.0 Å². The Morgan fingerprint density at radius 3 is 2.50 bits per heavy atom. The van der Waals surface area contributed by atoms with E-state index in [1.165, 1.54) is 16.7 Å². The number of aromatic nitrogens is 3. The molecule has 0 radical (unpaired) electrons. The minimum atomic E-state index is 0.457. The molecule has 0 fully saturated rings. The van der Waals surface area contributed by atoms with Crippen LogP contribution < -0.4 is 0 Å². The van der Waals surface area contributed by atoms with Crippen molar-refractivity contribution in [1.29, 1.82) is 0 Å². The van der Waals surface area contributed by atoms with Crippen LogP contribution in [0.2, 0.25) is 0 Å². The molecule has 0 amide bonds. The lowest BCUT2D eigenvalue weighted by atomic mass is 10.1. The summed E-state index contributed by atoms with van der Waals surface area (Å²) in [7, 11) is 0. The molecule has 0 saturated carbocycles. The molecule has 2 heterocycles. The zero-order chi connectivity index (χ0) is 18.1. The monoisotopic (exact) mass is 359 g/mol. The Morgan fingerprint density at radius 2 is 1.77 bits per heavy atom. The molecule has 4 aromatic rings. The van der Waals surface area contributed by atoms with E-state index < -0.39 is 0 Å². The van der Waals surface area contributed by atoms with E-state index in [0.29, 0.717) is 5.25 Å². The van der Waals surface area contributed by atoms with Crippen molar-refractivity contribution < 1.29 is 0 Å². The first-order valence-corrected chi connectivity index (χ1v) is 9.66. The van der Waals surface area contributed by atoms with Gasteiger partial charge < -0.3 is 4.57 Å². The molecule has 2 aromatic carbocycles. The molecule has 0 aliphatic rings. The van der Waals surface area contributed by atoms with Crippen molar-refractivity contribution in [3.05, 3.63) is 72.7 Å². The summed E-state index contributed by atoms with van der Waals surface area (Å²) >= 11 is 1.78. The summed E-state index contributed by atoms with van der Waals surface area (Å²) in [6.07, 6.45) is 3.86. The van der Waals surface area contributed by atoms with Crippen molar-refractivity contribution in [1.82, 2.24) is 14.5 Å². The van der Waals surface area contributed by atoms with Crippen molar-refractivity contribution in [2.75, 3.05) is 0 Å². The largest absolute Gasteiger partial charge is 0.301 e. The average Bonchev–Trinajstić information content (AvgIpc) is 3.03. The second-order valence-corrected chi connectivity index (χ2v) is 8.23. The van der Waals surface area contributed by atoms with Crippen LogP contribution in [-0.4, -0.2) is 19.8 Å². The van der Waals surface area contributed by atoms with Crippen LogP contribution in [-0.2, 0) is 0 Å². The lowest BCUT2D eigenvalue weighted by Crippen LogP contribution is -1.96.